The molecule has 1 N–H and O–H groups in total. The van der Waals surface area contributed by atoms with E-state index in [2.05, 4.69) is 5.32 Å². The molecule has 2 aromatic rings. The predicted octanol–water partition coefficient (Wildman–Crippen LogP) is 2.89. The first-order valence-electron chi connectivity index (χ1n) is 9.69. The first-order chi connectivity index (χ1) is 14.1. The second kappa shape index (κ2) is 9.82. The van der Waals surface area contributed by atoms with Gasteiger partial charge in [-0.1, -0.05) is 12.1 Å². The molecule has 29 heavy (non-hydrogen) atoms. The van der Waals surface area contributed by atoms with Gasteiger partial charge in [0.05, 0.1) is 13.7 Å². The van der Waals surface area contributed by atoms with Crippen molar-refractivity contribution in [1.82, 2.24) is 4.90 Å². The Morgan fingerprint density at radius 3 is 2.66 bits per heavy atom. The van der Waals surface area contributed by atoms with Crippen LogP contribution in [0.5, 0.6) is 17.2 Å². The van der Waals surface area contributed by atoms with E-state index in [0.29, 0.717) is 49.8 Å². The number of methoxy groups -OCH3 is 1. The van der Waals surface area contributed by atoms with Crippen LogP contribution in [-0.4, -0.2) is 50.1 Å². The molecule has 1 heterocycles. The number of amides is 2. The van der Waals surface area contributed by atoms with Crippen LogP contribution in [0.1, 0.15) is 18.9 Å². The highest BCUT2D eigenvalue weighted by Crippen LogP contribution is 2.32. The smallest absolute Gasteiger partial charge is 0.243 e. The van der Waals surface area contributed by atoms with Crippen molar-refractivity contribution in [3.63, 3.8) is 0 Å². The second-order valence-corrected chi connectivity index (χ2v) is 6.67. The Balaban J connectivity index is 1.52. The molecule has 0 aromatic heterocycles. The number of nitrogens with one attached hydrogen (secondary N) is 1. The lowest BCUT2D eigenvalue weighted by atomic mass is 10.1. The molecule has 0 spiro atoms. The molecule has 0 aliphatic carbocycles. The largest absolute Gasteiger partial charge is 0.497 e. The average Bonchev–Trinajstić information content (AvgIpc) is 2.75. The molecule has 0 bridgehead atoms. The molecular formula is C22H26N2O5. The summed E-state index contributed by atoms with van der Waals surface area (Å²) >= 11 is 0. The van der Waals surface area contributed by atoms with Crippen LogP contribution in [-0.2, 0) is 16.0 Å². The summed E-state index contributed by atoms with van der Waals surface area (Å²) in [7, 11) is 1.61. The molecule has 0 radical (unpaired) electrons. The number of benzene rings is 2. The Morgan fingerprint density at radius 1 is 1.10 bits per heavy atom. The summed E-state index contributed by atoms with van der Waals surface area (Å²) in [6.45, 7) is 3.33. The van der Waals surface area contributed by atoms with Crippen molar-refractivity contribution in [2.75, 3.05) is 38.7 Å². The molecule has 0 fully saturated rings. The van der Waals surface area contributed by atoms with Crippen molar-refractivity contribution < 1.29 is 23.8 Å². The molecule has 0 atom stereocenters. The number of fused-ring (bicyclic) bond motifs is 1. The molecule has 0 saturated carbocycles. The molecule has 3 rings (SSSR count). The number of rotatable bonds is 8. The third-order valence-corrected chi connectivity index (χ3v) is 4.66. The second-order valence-electron chi connectivity index (χ2n) is 6.67. The molecule has 7 nitrogen and oxygen atoms in total. The number of ether oxygens (including phenoxy) is 3. The molecule has 1 aliphatic heterocycles. The van der Waals surface area contributed by atoms with Gasteiger partial charge in [-0.3, -0.25) is 9.59 Å². The molecule has 154 valence electrons. The van der Waals surface area contributed by atoms with Gasteiger partial charge in [0.25, 0.3) is 0 Å². The Hall–Kier alpha value is -3.22. The predicted molar refractivity (Wildman–Crippen MR) is 110 cm³/mol. The van der Waals surface area contributed by atoms with Gasteiger partial charge in [-0.25, -0.2) is 0 Å². The van der Waals surface area contributed by atoms with Crippen LogP contribution in [0.3, 0.4) is 0 Å². The minimum atomic E-state index is -0.252. The zero-order valence-electron chi connectivity index (χ0n) is 16.8. The van der Waals surface area contributed by atoms with E-state index in [4.69, 9.17) is 14.2 Å². The minimum Gasteiger partial charge on any atom is -0.497 e. The van der Waals surface area contributed by atoms with Gasteiger partial charge in [-0.15, -0.1) is 0 Å². The van der Waals surface area contributed by atoms with Crippen molar-refractivity contribution in [2.45, 2.75) is 19.8 Å². The Labute approximate surface area is 170 Å². The van der Waals surface area contributed by atoms with Crippen molar-refractivity contribution in [1.29, 1.82) is 0 Å². The van der Waals surface area contributed by atoms with Gasteiger partial charge in [0.2, 0.25) is 11.8 Å². The van der Waals surface area contributed by atoms with Crippen molar-refractivity contribution in [2.24, 2.45) is 0 Å². The van der Waals surface area contributed by atoms with Crippen molar-refractivity contribution in [3.8, 4) is 17.2 Å². The fourth-order valence-electron chi connectivity index (χ4n) is 3.11. The molecule has 2 amide bonds. The highest BCUT2D eigenvalue weighted by molar-refractivity contribution is 5.94. The number of carbonyl (C=O) groups is 2. The van der Waals surface area contributed by atoms with Crippen LogP contribution in [0.4, 0.5) is 5.69 Å². The van der Waals surface area contributed by atoms with Crippen LogP contribution >= 0.6 is 0 Å². The van der Waals surface area contributed by atoms with E-state index in [-0.39, 0.29) is 18.4 Å². The van der Waals surface area contributed by atoms with Gasteiger partial charge < -0.3 is 24.4 Å². The van der Waals surface area contributed by atoms with E-state index in [1.165, 1.54) is 0 Å². The third kappa shape index (κ3) is 5.63. The summed E-state index contributed by atoms with van der Waals surface area (Å²) in [5.74, 6) is 1.72. The summed E-state index contributed by atoms with van der Waals surface area (Å²) < 4.78 is 16.2. The van der Waals surface area contributed by atoms with E-state index in [0.717, 1.165) is 11.3 Å². The molecule has 2 aromatic carbocycles. The molecular weight excluding hydrogens is 372 g/mol. The Morgan fingerprint density at radius 2 is 1.90 bits per heavy atom. The minimum absolute atomic E-state index is 0.00187. The van der Waals surface area contributed by atoms with Crippen LogP contribution in [0.25, 0.3) is 0 Å². The van der Waals surface area contributed by atoms with Crippen molar-refractivity contribution in [3.05, 3.63) is 48.0 Å². The fraction of sp³-hybridized carbons (Fsp3) is 0.364. The summed E-state index contributed by atoms with van der Waals surface area (Å²) in [6.07, 6.45) is 0.925. The maximum atomic E-state index is 12.6. The zero-order valence-corrected chi connectivity index (χ0v) is 16.8. The summed E-state index contributed by atoms with van der Waals surface area (Å²) in [5.41, 5.74) is 1.63. The number of aryl methyl sites for hydroxylation is 1. The maximum absolute atomic E-state index is 12.6. The van der Waals surface area contributed by atoms with E-state index in [1.54, 1.807) is 30.2 Å². The van der Waals surface area contributed by atoms with E-state index in [1.807, 2.05) is 31.2 Å². The number of likely N-dealkylation sites (N-methyl/N-ethyl adjacent to an activating group) is 1. The average molecular weight is 398 g/mol. The van der Waals surface area contributed by atoms with E-state index >= 15 is 0 Å². The first-order valence-corrected chi connectivity index (χ1v) is 9.69. The van der Waals surface area contributed by atoms with Crippen molar-refractivity contribution >= 4 is 17.5 Å². The summed E-state index contributed by atoms with van der Waals surface area (Å²) in [4.78, 5) is 26.5. The Kier molecular flexibility index (Phi) is 6.94. The quantitative estimate of drug-likeness (QED) is 0.740. The molecule has 1 aliphatic rings. The maximum Gasteiger partial charge on any atom is 0.243 e. The highest BCUT2D eigenvalue weighted by atomic mass is 16.6. The monoisotopic (exact) mass is 398 g/mol. The number of carbonyl (C=O) groups excluding carboxylic acids is 2. The van der Waals surface area contributed by atoms with Gasteiger partial charge in [0.1, 0.15) is 19.0 Å². The lowest BCUT2D eigenvalue weighted by molar-refractivity contribution is -0.134. The SMILES string of the molecule is CCN(CC(=O)Nc1ccc2c(c1)OCCO2)C(=O)CCc1cccc(OC)c1. The summed E-state index contributed by atoms with van der Waals surface area (Å²) in [5, 5.41) is 2.82. The number of anilines is 1. The lowest BCUT2D eigenvalue weighted by Gasteiger charge is -2.21. The van der Waals surface area contributed by atoms with Gasteiger partial charge in [0.15, 0.2) is 11.5 Å². The van der Waals surface area contributed by atoms with Gasteiger partial charge in [-0.2, -0.15) is 0 Å². The molecule has 7 heteroatoms. The topological polar surface area (TPSA) is 77.1 Å². The van der Waals surface area contributed by atoms with Crippen LogP contribution < -0.4 is 19.5 Å². The van der Waals surface area contributed by atoms with Gasteiger partial charge in [-0.05, 0) is 43.2 Å². The van der Waals surface area contributed by atoms with Crippen LogP contribution in [0, 0.1) is 0 Å². The summed E-state index contributed by atoms with van der Waals surface area (Å²) in [6, 6.07) is 12.9. The lowest BCUT2D eigenvalue weighted by Crippen LogP contribution is -2.38. The fourth-order valence-corrected chi connectivity index (χ4v) is 3.11. The molecule has 0 saturated heterocycles. The normalized spacial score (nSPS) is 12.2. The Bertz CT molecular complexity index is 868. The first kappa shape index (κ1) is 20.5. The van der Waals surface area contributed by atoms with Crippen LogP contribution in [0.15, 0.2) is 42.5 Å². The third-order valence-electron chi connectivity index (χ3n) is 4.66. The van der Waals surface area contributed by atoms with Gasteiger partial charge >= 0.3 is 0 Å². The number of nitrogens with zero attached hydrogens (tertiary/aromatic N) is 1. The van der Waals surface area contributed by atoms with Crippen LogP contribution in [0.2, 0.25) is 0 Å². The molecule has 0 unspecified atom stereocenters. The zero-order chi connectivity index (χ0) is 20.6. The highest BCUT2D eigenvalue weighted by Gasteiger charge is 2.17. The van der Waals surface area contributed by atoms with E-state index < -0.39 is 0 Å². The number of hydrogen-bond donors (Lipinski definition) is 1. The standard InChI is InChI=1S/C22H26N2O5/c1-3-24(22(26)10-7-16-5-4-6-18(13-16)27-2)15-21(25)23-17-8-9-19-20(14-17)29-12-11-28-19/h4-6,8-9,13-14H,3,7,10-12,15H2,1-2H3,(H,23,25). The van der Waals surface area contributed by atoms with Gasteiger partial charge in [0, 0.05) is 24.7 Å². The van der Waals surface area contributed by atoms with E-state index in [9.17, 15) is 9.59 Å². The number of hydrogen-bond acceptors (Lipinski definition) is 5.